The Labute approximate surface area is 164 Å². The number of anilines is 1. The zero-order valence-corrected chi connectivity index (χ0v) is 15.9. The molecule has 2 aliphatic heterocycles. The van der Waals surface area contributed by atoms with Crippen LogP contribution in [0.2, 0.25) is 0 Å². The molecule has 0 bridgehead atoms. The van der Waals surface area contributed by atoms with E-state index in [0.717, 1.165) is 5.56 Å². The number of nitrogens with two attached hydrogens (primary N) is 1. The monoisotopic (exact) mass is 421 g/mol. The molecule has 2 N–H and O–H groups in total. The minimum absolute atomic E-state index is 0.0431. The van der Waals surface area contributed by atoms with Crippen LogP contribution in [-0.4, -0.2) is 38.4 Å². The van der Waals surface area contributed by atoms with Crippen molar-refractivity contribution in [2.75, 3.05) is 12.3 Å². The van der Waals surface area contributed by atoms with Crippen LogP contribution in [0.3, 0.4) is 0 Å². The smallest absolute Gasteiger partial charge is 0.404 e. The predicted octanol–water partition coefficient (Wildman–Crippen LogP) is 2.77. The van der Waals surface area contributed by atoms with Gasteiger partial charge in [0.05, 0.1) is 25.6 Å². The fraction of sp³-hybridized carbons (Fsp3) is 0.353. The van der Waals surface area contributed by atoms with Crippen molar-refractivity contribution in [3.05, 3.63) is 42.5 Å². The van der Waals surface area contributed by atoms with E-state index in [-0.39, 0.29) is 25.5 Å². The summed E-state index contributed by atoms with van der Waals surface area (Å²) in [6, 6.07) is 7.09. The number of alkyl halides is 1. The van der Waals surface area contributed by atoms with Crippen LogP contribution in [0.15, 0.2) is 36.9 Å². The number of phosphoric ester groups is 1. The topological polar surface area (TPSA) is 124 Å². The zero-order valence-electron chi connectivity index (χ0n) is 15.1. The molecular weight excluding hydrogens is 404 g/mol. The largest absolute Gasteiger partial charge is 0.530 e. The van der Waals surface area contributed by atoms with Crippen molar-refractivity contribution in [1.82, 2.24) is 19.5 Å². The zero-order chi connectivity index (χ0) is 20.0. The Morgan fingerprint density at radius 3 is 3.07 bits per heavy atom. The molecule has 5 rings (SSSR count). The lowest BCUT2D eigenvalue weighted by Crippen LogP contribution is -2.19. The molecule has 152 valence electrons. The van der Waals surface area contributed by atoms with E-state index in [0.29, 0.717) is 16.9 Å². The summed E-state index contributed by atoms with van der Waals surface area (Å²) < 4.78 is 50.6. The van der Waals surface area contributed by atoms with E-state index < -0.39 is 26.3 Å². The lowest BCUT2D eigenvalue weighted by atomic mass is 10.2. The van der Waals surface area contributed by atoms with Gasteiger partial charge < -0.3 is 15.0 Å². The number of hydrogen-bond acceptors (Lipinski definition) is 9. The fourth-order valence-corrected chi connectivity index (χ4v) is 4.60. The molecule has 3 unspecified atom stereocenters. The van der Waals surface area contributed by atoms with Gasteiger partial charge in [0.1, 0.15) is 23.8 Å². The van der Waals surface area contributed by atoms with E-state index in [1.54, 1.807) is 12.1 Å². The normalized spacial score (nSPS) is 28.9. The van der Waals surface area contributed by atoms with Crippen LogP contribution < -0.4 is 10.3 Å². The molecule has 2 aromatic heterocycles. The highest BCUT2D eigenvalue weighted by Gasteiger charge is 2.41. The van der Waals surface area contributed by atoms with Gasteiger partial charge in [0, 0.05) is 12.0 Å². The van der Waals surface area contributed by atoms with Crippen molar-refractivity contribution in [3.8, 4) is 5.75 Å². The maximum atomic E-state index is 14.7. The highest BCUT2D eigenvalue weighted by atomic mass is 31.2. The number of nitrogen functional groups attached to an aromatic ring is 1. The molecule has 0 saturated carbocycles. The Hall–Kier alpha value is -2.59. The molecule has 0 aliphatic carbocycles. The van der Waals surface area contributed by atoms with E-state index in [9.17, 15) is 8.96 Å². The molecule has 4 heterocycles. The van der Waals surface area contributed by atoms with Gasteiger partial charge in [0.2, 0.25) is 0 Å². The summed E-state index contributed by atoms with van der Waals surface area (Å²) in [5, 5.41) is 0. The average molecular weight is 421 g/mol. The number of rotatable bonds is 4. The highest BCUT2D eigenvalue weighted by Crippen LogP contribution is 2.54. The number of para-hydroxylation sites is 1. The standard InChI is InChI=1S/C17H17FN5O5P/c18-12-5-11(7-26-29(24)25-6-10-3-1-2-4-13(10)28-29)27-17(12)23-9-22-14-15(19)20-8-21-16(14)23/h1-4,8-9,11-12,17H,5-7H2,(H2,19,20,21)/t11?,12-,17?,29?/m1/s1. The minimum Gasteiger partial charge on any atom is -0.404 e. The minimum atomic E-state index is -3.80. The summed E-state index contributed by atoms with van der Waals surface area (Å²) in [7, 11) is -3.80. The second-order valence-corrected chi connectivity index (χ2v) is 8.29. The Kier molecular flexibility index (Phi) is 4.47. The first-order valence-electron chi connectivity index (χ1n) is 8.91. The second kappa shape index (κ2) is 7.03. The first kappa shape index (κ1) is 18.4. The van der Waals surface area contributed by atoms with E-state index in [2.05, 4.69) is 15.0 Å². The Morgan fingerprint density at radius 2 is 2.17 bits per heavy atom. The molecule has 1 aromatic carbocycles. The first-order chi connectivity index (χ1) is 14.0. The van der Waals surface area contributed by atoms with Crippen molar-refractivity contribution < 1.29 is 27.3 Å². The molecular formula is C17H17FN5O5P. The molecule has 10 nitrogen and oxygen atoms in total. The number of hydrogen-bond donors (Lipinski definition) is 1. The van der Waals surface area contributed by atoms with Crippen LogP contribution in [0.1, 0.15) is 18.2 Å². The number of ether oxygens (including phenoxy) is 1. The molecule has 0 spiro atoms. The average Bonchev–Trinajstić information content (AvgIpc) is 3.30. The highest BCUT2D eigenvalue weighted by molar-refractivity contribution is 7.49. The van der Waals surface area contributed by atoms with Gasteiger partial charge in [-0.05, 0) is 6.07 Å². The number of imidazole rings is 1. The molecule has 1 saturated heterocycles. The Bertz CT molecular complexity index is 1110. The van der Waals surface area contributed by atoms with Crippen LogP contribution in [-0.2, 0) is 25.0 Å². The van der Waals surface area contributed by atoms with Crippen molar-refractivity contribution in [1.29, 1.82) is 0 Å². The predicted molar refractivity (Wildman–Crippen MR) is 98.6 cm³/mol. The third-order valence-corrected chi connectivity index (χ3v) is 6.10. The third-order valence-electron chi connectivity index (χ3n) is 4.77. The summed E-state index contributed by atoms with van der Waals surface area (Å²) in [6.07, 6.45) is -0.226. The van der Waals surface area contributed by atoms with Gasteiger partial charge in [-0.1, -0.05) is 18.2 Å². The molecule has 3 aromatic rings. The van der Waals surface area contributed by atoms with Gasteiger partial charge in [-0.3, -0.25) is 13.6 Å². The van der Waals surface area contributed by atoms with Gasteiger partial charge in [-0.2, -0.15) is 0 Å². The molecule has 12 heteroatoms. The molecule has 1 fully saturated rings. The van der Waals surface area contributed by atoms with Crippen LogP contribution in [0, 0.1) is 0 Å². The number of aromatic nitrogens is 4. The molecule has 0 radical (unpaired) electrons. The van der Waals surface area contributed by atoms with E-state index >= 15 is 0 Å². The third kappa shape index (κ3) is 3.36. The van der Waals surface area contributed by atoms with Gasteiger partial charge in [-0.25, -0.2) is 23.9 Å². The van der Waals surface area contributed by atoms with Crippen molar-refractivity contribution in [2.24, 2.45) is 0 Å². The molecule has 29 heavy (non-hydrogen) atoms. The quantitative estimate of drug-likeness (QED) is 0.633. The summed E-state index contributed by atoms with van der Waals surface area (Å²) in [5.74, 6) is 0.643. The molecule has 2 aliphatic rings. The van der Waals surface area contributed by atoms with Crippen LogP contribution in [0.25, 0.3) is 11.2 Å². The number of benzene rings is 1. The maximum absolute atomic E-state index is 14.7. The Morgan fingerprint density at radius 1 is 1.31 bits per heavy atom. The van der Waals surface area contributed by atoms with Gasteiger partial charge in [0.15, 0.2) is 17.7 Å². The summed E-state index contributed by atoms with van der Waals surface area (Å²) >= 11 is 0. The van der Waals surface area contributed by atoms with Gasteiger partial charge in [0.25, 0.3) is 0 Å². The van der Waals surface area contributed by atoms with E-state index in [1.165, 1.54) is 17.2 Å². The van der Waals surface area contributed by atoms with E-state index in [4.69, 9.17) is 24.0 Å². The maximum Gasteiger partial charge on any atom is 0.530 e. The molecule has 4 atom stereocenters. The number of nitrogens with zero attached hydrogens (tertiary/aromatic N) is 4. The van der Waals surface area contributed by atoms with Crippen molar-refractivity contribution in [3.63, 3.8) is 0 Å². The summed E-state index contributed by atoms with van der Waals surface area (Å²) in [6.45, 7) is -0.0460. The fourth-order valence-electron chi connectivity index (χ4n) is 3.35. The number of halogens is 1. The van der Waals surface area contributed by atoms with Crippen molar-refractivity contribution >= 4 is 24.8 Å². The summed E-state index contributed by atoms with van der Waals surface area (Å²) in [4.78, 5) is 12.1. The second-order valence-electron chi connectivity index (χ2n) is 6.70. The van der Waals surface area contributed by atoms with Gasteiger partial charge in [-0.15, -0.1) is 0 Å². The lowest BCUT2D eigenvalue weighted by molar-refractivity contribution is -0.0362. The summed E-state index contributed by atoms with van der Waals surface area (Å²) in [5.41, 5.74) is 7.28. The lowest BCUT2D eigenvalue weighted by Gasteiger charge is -2.25. The Balaban J connectivity index is 1.27. The van der Waals surface area contributed by atoms with Crippen LogP contribution in [0.4, 0.5) is 10.2 Å². The van der Waals surface area contributed by atoms with Gasteiger partial charge >= 0.3 is 7.82 Å². The van der Waals surface area contributed by atoms with E-state index in [1.807, 2.05) is 12.1 Å². The molecule has 0 amide bonds. The number of fused-ring (bicyclic) bond motifs is 2. The SMILES string of the molecule is Nc1ncnc2c1ncn2C1OC(COP2(=O)OCc3ccccc3O2)C[C@H]1F. The number of phosphoric acid groups is 1. The van der Waals surface area contributed by atoms with Crippen molar-refractivity contribution in [2.45, 2.75) is 31.5 Å². The van der Waals surface area contributed by atoms with Crippen LogP contribution in [0.5, 0.6) is 5.75 Å². The first-order valence-corrected chi connectivity index (χ1v) is 10.4. The van der Waals surface area contributed by atoms with Crippen LogP contribution >= 0.6 is 7.82 Å².